The monoisotopic (exact) mass is 1620 g/mol. The fourth-order valence-electron chi connectivity index (χ4n) is 20.5. The summed E-state index contributed by atoms with van der Waals surface area (Å²) in [6.07, 6.45) is 19.3. The summed E-state index contributed by atoms with van der Waals surface area (Å²) in [7, 11) is 4.34. The molecular weight excluding hydrogens is 1430 g/mol. The number of carbonyl (C=O) groups is 2. The van der Waals surface area contributed by atoms with Gasteiger partial charge in [-0.05, 0) is 276 Å². The van der Waals surface area contributed by atoms with Crippen LogP contribution in [0.15, 0.2) is 0 Å². The van der Waals surface area contributed by atoms with Crippen LogP contribution in [0.4, 0.5) is 4.79 Å². The van der Waals surface area contributed by atoms with E-state index in [-0.39, 0.29) is 23.6 Å². The maximum atomic E-state index is 12.3. The first-order valence-corrected chi connectivity index (χ1v) is 47.8. The predicted molar refractivity (Wildman–Crippen MR) is 487 cm³/mol. The molecule has 0 bridgehead atoms. The molecule has 1 saturated carbocycles. The Morgan fingerprint density at radius 2 is 0.470 bits per heavy atom. The van der Waals surface area contributed by atoms with Crippen LogP contribution in [0.25, 0.3) is 0 Å². The summed E-state index contributed by atoms with van der Waals surface area (Å²) in [6.45, 7) is 97.7. The number of ether oxygens (including phenoxy) is 1. The van der Waals surface area contributed by atoms with Gasteiger partial charge >= 0.3 is 6.09 Å². The fraction of sp³-hybridized carbons (Fsp3) is 0.979. The standard InChI is InChI=1S/C17H35N3.C16H31N3O2.C16H31N3.C16H33N3.C15H29N3O.C14H29N3/c1-16(2,3)19-9-7-15(8-10-19)18-11-13-20(14-12-18)17(4,5)6;1-16(2,3)19-10-6-14(7-11-19)21-15(20)18-9-5-8-17(4)12-13-18;1-16(2,3)19-8-6-15(7-9-19)18-12-10-17(11-13-18)14-4-5-14;1-14(2)17-10-12-18(13-11-17)15-6-8-19(9-7-15)16(3,4)5;1-13(19)16-9-11-17(12-10-16)14-5-7-18(8-6-14)15(2,3)4;1-14(2,3)17-7-5-13(6-8-17)16-11-9-15(4)10-12-16/h15H,7-14H2,1-6H3;14H,5-13H2,1-4H3;14-15H,4-13H2,1-3H3;14-15H,6-13H2,1-5H3;14H,5-12H2,1-4H3;13H,5-12H2,1-4H3. The van der Waals surface area contributed by atoms with Crippen LogP contribution >= 0.6 is 0 Å². The van der Waals surface area contributed by atoms with Crippen LogP contribution in [0.1, 0.15) is 262 Å². The lowest BCUT2D eigenvalue weighted by atomic mass is 9.96. The summed E-state index contributed by atoms with van der Waals surface area (Å²) in [5.74, 6) is 0.224. The Labute approximate surface area is 710 Å². The molecule has 21 heteroatoms. The van der Waals surface area contributed by atoms with Gasteiger partial charge in [0.2, 0.25) is 5.91 Å². The second kappa shape index (κ2) is 44.6. The minimum Gasteiger partial charge on any atom is -0.446 e. The lowest BCUT2D eigenvalue weighted by Gasteiger charge is -2.48. The number of likely N-dealkylation sites (N-methyl/N-ethyl adjacent to an activating group) is 2. The third-order valence-corrected chi connectivity index (χ3v) is 29.3. The second-order valence-corrected chi connectivity index (χ2v) is 44.9. The highest BCUT2D eigenvalue weighted by Gasteiger charge is 2.40. The van der Waals surface area contributed by atoms with Crippen LogP contribution in [0, 0.1) is 0 Å². The van der Waals surface area contributed by atoms with Gasteiger partial charge in [-0.2, -0.15) is 0 Å². The third-order valence-electron chi connectivity index (χ3n) is 29.3. The highest BCUT2D eigenvalue weighted by Crippen LogP contribution is 2.33. The van der Waals surface area contributed by atoms with Crippen molar-refractivity contribution < 1.29 is 14.3 Å². The zero-order chi connectivity index (χ0) is 84.4. The molecule has 12 heterocycles. The van der Waals surface area contributed by atoms with Crippen LogP contribution in [0.3, 0.4) is 0 Å². The normalized spacial score (nSPS) is 26.3. The number of piperazine rings is 5. The summed E-state index contributed by atoms with van der Waals surface area (Å²) in [6, 6.07) is 5.79. The number of likely N-dealkylation sites (tertiary alicyclic amines) is 6. The molecule has 115 heavy (non-hydrogen) atoms. The molecule has 13 aliphatic rings. The van der Waals surface area contributed by atoms with Crippen LogP contribution in [-0.4, -0.2) is 437 Å². The average Bonchev–Trinajstić information content (AvgIpc) is 1.52. The molecule has 2 amide bonds. The second-order valence-electron chi connectivity index (χ2n) is 44.9. The number of rotatable bonds is 8. The highest BCUT2D eigenvalue weighted by atomic mass is 16.6. The van der Waals surface area contributed by atoms with Gasteiger partial charge in [0.05, 0.1) is 0 Å². The van der Waals surface area contributed by atoms with Gasteiger partial charge in [0.1, 0.15) is 6.10 Å². The van der Waals surface area contributed by atoms with Crippen molar-refractivity contribution in [3.05, 3.63) is 0 Å². The predicted octanol–water partition coefficient (Wildman–Crippen LogP) is 11.9. The van der Waals surface area contributed by atoms with Gasteiger partial charge in [-0.1, -0.05) is 0 Å². The van der Waals surface area contributed by atoms with Crippen LogP contribution in [0.5, 0.6) is 0 Å². The number of hydrogen-bond donors (Lipinski definition) is 0. The van der Waals surface area contributed by atoms with Crippen molar-refractivity contribution in [2.24, 2.45) is 0 Å². The lowest BCUT2D eigenvalue weighted by Crippen LogP contribution is -2.58. The Morgan fingerprint density at radius 1 is 0.252 bits per heavy atom. The van der Waals surface area contributed by atoms with Crippen molar-refractivity contribution >= 4 is 12.0 Å². The molecule has 672 valence electrons. The molecule has 0 atom stereocenters. The molecule has 21 nitrogen and oxygen atoms in total. The maximum Gasteiger partial charge on any atom is 0.410 e. The number of amides is 2. The van der Waals surface area contributed by atoms with E-state index in [9.17, 15) is 9.59 Å². The SMILES string of the molecule is CC(=O)N1CCN(C2CCN(C(C)(C)C)CC2)CC1.CC(C)(C)N1CCC(N2CCN(C(C)(C)C)CC2)CC1.CC(C)(C)N1CCC(N2CCN(C3CC3)CC2)CC1.CC(C)N1CCN(C2CCN(C(C)(C)C)CC2)CC1.CN1CCCN(C(=O)OC2CCN(C(C)(C)C)CC2)CC1.CN1CCN(C2CCN(C(C)(C)C)CC2)CC1. The summed E-state index contributed by atoms with van der Waals surface area (Å²) in [5.41, 5.74) is 2.25. The molecule has 0 aromatic heterocycles. The van der Waals surface area contributed by atoms with E-state index in [1.54, 1.807) is 6.92 Å². The fourth-order valence-corrected chi connectivity index (χ4v) is 20.5. The van der Waals surface area contributed by atoms with Gasteiger partial charge < -0.3 is 24.3 Å². The largest absolute Gasteiger partial charge is 0.446 e. The lowest BCUT2D eigenvalue weighted by molar-refractivity contribution is -0.131. The van der Waals surface area contributed by atoms with Crippen molar-refractivity contribution in [3.63, 3.8) is 0 Å². The molecule has 0 N–H and O–H groups in total. The first-order chi connectivity index (χ1) is 53.8. The van der Waals surface area contributed by atoms with Crippen molar-refractivity contribution in [1.82, 2.24) is 88.2 Å². The van der Waals surface area contributed by atoms with Gasteiger partial charge in [-0.15, -0.1) is 0 Å². The third kappa shape index (κ3) is 32.6. The van der Waals surface area contributed by atoms with Crippen LogP contribution in [0.2, 0.25) is 0 Å². The van der Waals surface area contributed by atoms with E-state index < -0.39 is 0 Å². The molecule has 13 rings (SSSR count). The van der Waals surface area contributed by atoms with Crippen molar-refractivity contribution in [1.29, 1.82) is 0 Å². The summed E-state index contributed by atoms with van der Waals surface area (Å²) < 4.78 is 5.72. The molecule has 0 spiro atoms. The van der Waals surface area contributed by atoms with Gasteiger partial charge in [-0.3, -0.25) is 73.4 Å². The van der Waals surface area contributed by atoms with Gasteiger partial charge in [-0.25, -0.2) is 4.79 Å². The zero-order valence-corrected chi connectivity index (χ0v) is 80.5. The number of carbonyl (C=O) groups excluding carboxylic acids is 2. The van der Waals surface area contributed by atoms with Crippen LogP contribution in [-0.2, 0) is 9.53 Å². The van der Waals surface area contributed by atoms with Gasteiger partial charge in [0.25, 0.3) is 0 Å². The van der Waals surface area contributed by atoms with Crippen molar-refractivity contribution in [2.75, 3.05) is 250 Å². The van der Waals surface area contributed by atoms with Gasteiger partial charge in [0.15, 0.2) is 0 Å². The molecule has 0 radical (unpaired) electrons. The van der Waals surface area contributed by atoms with Crippen molar-refractivity contribution in [3.8, 4) is 0 Å². The van der Waals surface area contributed by atoms with Crippen LogP contribution < -0.4 is 0 Å². The molecule has 0 unspecified atom stereocenters. The van der Waals surface area contributed by atoms with E-state index in [0.29, 0.717) is 39.3 Å². The Kier molecular flexibility index (Phi) is 38.2. The molecule has 1 aliphatic carbocycles. The quantitative estimate of drug-likeness (QED) is 0.230. The number of hydrogen-bond acceptors (Lipinski definition) is 19. The summed E-state index contributed by atoms with van der Waals surface area (Å²) >= 11 is 0. The number of piperidine rings is 6. The topological polar surface area (TPSA) is 102 Å². The average molecular weight is 1620 g/mol. The van der Waals surface area contributed by atoms with E-state index in [0.717, 1.165) is 121 Å². The summed E-state index contributed by atoms with van der Waals surface area (Å²) in [5, 5.41) is 0. The Balaban J connectivity index is 0.000000173. The Hall–Kier alpha value is -1.90. The molecule has 13 fully saturated rings. The molecular formula is C94H188N18O3. The first kappa shape index (κ1) is 98.5. The van der Waals surface area contributed by atoms with E-state index >= 15 is 0 Å². The summed E-state index contributed by atoms with van der Waals surface area (Å²) in [4.78, 5) is 69.4. The molecule has 0 aromatic rings. The molecule has 12 saturated heterocycles. The van der Waals surface area contributed by atoms with Gasteiger partial charge in [0, 0.05) is 317 Å². The van der Waals surface area contributed by atoms with E-state index in [1.807, 2.05) is 9.80 Å². The first-order valence-electron chi connectivity index (χ1n) is 47.8. The number of nitrogens with zero attached hydrogens (tertiary/aromatic N) is 18. The minimum atomic E-state index is -0.112. The highest BCUT2D eigenvalue weighted by molar-refractivity contribution is 5.73. The zero-order valence-electron chi connectivity index (χ0n) is 80.5. The maximum absolute atomic E-state index is 12.3. The Bertz CT molecular complexity index is 2610. The Morgan fingerprint density at radius 3 is 0.739 bits per heavy atom. The van der Waals surface area contributed by atoms with E-state index in [1.165, 1.54) is 247 Å². The smallest absolute Gasteiger partial charge is 0.410 e. The van der Waals surface area contributed by atoms with Crippen molar-refractivity contribution in [2.45, 2.75) is 350 Å². The minimum absolute atomic E-state index is 0.0945. The molecule has 12 aliphatic heterocycles. The molecule has 0 aromatic carbocycles. The van der Waals surface area contributed by atoms with E-state index in [2.05, 4.69) is 252 Å². The van der Waals surface area contributed by atoms with E-state index in [4.69, 9.17) is 4.74 Å².